The van der Waals surface area contributed by atoms with Crippen molar-refractivity contribution in [3.05, 3.63) is 66.2 Å². The topological polar surface area (TPSA) is 20.3 Å². The van der Waals surface area contributed by atoms with Crippen LogP contribution in [0.2, 0.25) is 0 Å². The van der Waals surface area contributed by atoms with Crippen LogP contribution in [0.1, 0.15) is 12.5 Å². The Morgan fingerprint density at radius 2 is 1.68 bits per heavy atom. The molecular formula is C19H21NOS. The molecule has 2 nitrogen and oxygen atoms in total. The number of hydrogen-bond donors (Lipinski definition) is 0. The van der Waals surface area contributed by atoms with E-state index in [0.717, 1.165) is 18.8 Å². The van der Waals surface area contributed by atoms with Crippen LogP contribution in [0.5, 0.6) is 0 Å². The lowest BCUT2D eigenvalue weighted by atomic mass is 10.0. The van der Waals surface area contributed by atoms with Gasteiger partial charge in [0.1, 0.15) is 0 Å². The van der Waals surface area contributed by atoms with Gasteiger partial charge in [-0.15, -0.1) is 11.8 Å². The van der Waals surface area contributed by atoms with Crippen LogP contribution >= 0.6 is 11.8 Å². The van der Waals surface area contributed by atoms with E-state index >= 15 is 0 Å². The molecular weight excluding hydrogens is 290 g/mol. The van der Waals surface area contributed by atoms with Gasteiger partial charge < -0.3 is 4.90 Å². The Morgan fingerprint density at radius 3 is 2.36 bits per heavy atom. The lowest BCUT2D eigenvalue weighted by Gasteiger charge is -2.16. The van der Waals surface area contributed by atoms with Crippen molar-refractivity contribution in [1.29, 1.82) is 0 Å². The van der Waals surface area contributed by atoms with Crippen LogP contribution in [0.3, 0.4) is 0 Å². The van der Waals surface area contributed by atoms with E-state index in [2.05, 4.69) is 43.3 Å². The van der Waals surface area contributed by atoms with Crippen LogP contribution in [0.25, 0.3) is 0 Å². The zero-order valence-electron chi connectivity index (χ0n) is 12.8. The smallest absolute Gasteiger partial charge is 0.226 e. The molecule has 2 atom stereocenters. The molecule has 0 aromatic heterocycles. The first-order chi connectivity index (χ1) is 10.7. The summed E-state index contributed by atoms with van der Waals surface area (Å²) in [6.45, 7) is 3.68. The van der Waals surface area contributed by atoms with E-state index in [0.29, 0.717) is 11.8 Å². The van der Waals surface area contributed by atoms with Crippen LogP contribution in [0.15, 0.2) is 65.6 Å². The summed E-state index contributed by atoms with van der Waals surface area (Å²) in [7, 11) is 0. The van der Waals surface area contributed by atoms with Crippen LogP contribution in [0.4, 0.5) is 0 Å². The minimum absolute atomic E-state index is 0.125. The lowest BCUT2D eigenvalue weighted by molar-refractivity contribution is -0.131. The van der Waals surface area contributed by atoms with Crippen LogP contribution in [-0.2, 0) is 11.3 Å². The second-order valence-corrected chi connectivity index (χ2v) is 6.97. The van der Waals surface area contributed by atoms with E-state index < -0.39 is 0 Å². The van der Waals surface area contributed by atoms with E-state index in [9.17, 15) is 4.79 Å². The Morgan fingerprint density at radius 1 is 1.05 bits per heavy atom. The number of amides is 1. The van der Waals surface area contributed by atoms with Gasteiger partial charge in [-0.2, -0.15) is 0 Å². The average Bonchev–Trinajstić information content (AvgIpc) is 2.83. The molecule has 1 saturated heterocycles. The first-order valence-electron chi connectivity index (χ1n) is 7.74. The molecule has 1 amide bonds. The SMILES string of the molecule is CC1C(=O)N(Cc2ccccc2)CC1CSc1ccccc1. The molecule has 114 valence electrons. The van der Waals surface area contributed by atoms with Crippen molar-refractivity contribution >= 4 is 17.7 Å². The molecule has 1 heterocycles. The molecule has 0 aliphatic carbocycles. The summed E-state index contributed by atoms with van der Waals surface area (Å²) in [4.78, 5) is 15.7. The third-order valence-electron chi connectivity index (χ3n) is 4.29. The molecule has 1 aliphatic rings. The van der Waals surface area contributed by atoms with E-state index in [1.807, 2.05) is 40.9 Å². The van der Waals surface area contributed by atoms with Crippen molar-refractivity contribution in [3.63, 3.8) is 0 Å². The largest absolute Gasteiger partial charge is 0.338 e. The maximum atomic E-state index is 12.4. The van der Waals surface area contributed by atoms with Crippen molar-refractivity contribution in [2.45, 2.75) is 18.4 Å². The first-order valence-corrected chi connectivity index (χ1v) is 8.73. The molecule has 0 spiro atoms. The number of rotatable bonds is 5. The van der Waals surface area contributed by atoms with Gasteiger partial charge in [-0.05, 0) is 23.6 Å². The minimum atomic E-state index is 0.125. The van der Waals surface area contributed by atoms with Gasteiger partial charge in [0.15, 0.2) is 0 Å². The van der Waals surface area contributed by atoms with Crippen LogP contribution in [-0.4, -0.2) is 23.1 Å². The van der Waals surface area contributed by atoms with E-state index in [1.54, 1.807) is 0 Å². The normalized spacial score (nSPS) is 21.3. The number of thioether (sulfide) groups is 1. The van der Waals surface area contributed by atoms with Crippen molar-refractivity contribution in [2.24, 2.45) is 11.8 Å². The molecule has 2 aromatic carbocycles. The van der Waals surface area contributed by atoms with E-state index in [-0.39, 0.29) is 5.92 Å². The fourth-order valence-electron chi connectivity index (χ4n) is 2.88. The Hall–Kier alpha value is -1.74. The molecule has 0 N–H and O–H groups in total. The summed E-state index contributed by atoms with van der Waals surface area (Å²) in [5, 5.41) is 0. The number of hydrogen-bond acceptors (Lipinski definition) is 2. The molecule has 22 heavy (non-hydrogen) atoms. The summed E-state index contributed by atoms with van der Waals surface area (Å²) in [5.41, 5.74) is 1.21. The summed E-state index contributed by atoms with van der Waals surface area (Å²) in [6, 6.07) is 20.7. The fourth-order valence-corrected chi connectivity index (χ4v) is 4.03. The number of carbonyl (C=O) groups excluding carboxylic acids is 1. The maximum Gasteiger partial charge on any atom is 0.226 e. The van der Waals surface area contributed by atoms with Crippen LogP contribution in [0, 0.1) is 11.8 Å². The summed E-state index contributed by atoms with van der Waals surface area (Å²) in [6.07, 6.45) is 0. The van der Waals surface area contributed by atoms with Gasteiger partial charge >= 0.3 is 0 Å². The number of benzene rings is 2. The summed E-state index contributed by atoms with van der Waals surface area (Å²) >= 11 is 1.85. The predicted octanol–water partition coefficient (Wildman–Crippen LogP) is 4.07. The number of carbonyl (C=O) groups is 1. The molecule has 3 heteroatoms. The lowest BCUT2D eigenvalue weighted by Crippen LogP contribution is -2.26. The Kier molecular flexibility index (Phi) is 4.84. The second-order valence-electron chi connectivity index (χ2n) is 5.88. The zero-order chi connectivity index (χ0) is 15.4. The molecule has 3 rings (SSSR count). The molecule has 2 unspecified atom stereocenters. The average molecular weight is 311 g/mol. The highest BCUT2D eigenvalue weighted by Crippen LogP contribution is 2.31. The van der Waals surface area contributed by atoms with E-state index in [4.69, 9.17) is 0 Å². The van der Waals surface area contributed by atoms with Crippen molar-refractivity contribution in [1.82, 2.24) is 4.90 Å². The second kappa shape index (κ2) is 7.01. The quantitative estimate of drug-likeness (QED) is 0.776. The Balaban J connectivity index is 1.59. The molecule has 0 saturated carbocycles. The van der Waals surface area contributed by atoms with Crippen LogP contribution < -0.4 is 0 Å². The first kappa shape index (κ1) is 15.2. The van der Waals surface area contributed by atoms with Gasteiger partial charge in [0, 0.05) is 29.7 Å². The fraction of sp³-hybridized carbons (Fsp3) is 0.316. The predicted molar refractivity (Wildman–Crippen MR) is 91.7 cm³/mol. The monoisotopic (exact) mass is 311 g/mol. The van der Waals surface area contributed by atoms with Gasteiger partial charge in [0.25, 0.3) is 0 Å². The van der Waals surface area contributed by atoms with E-state index in [1.165, 1.54) is 10.5 Å². The molecule has 0 radical (unpaired) electrons. The molecule has 1 fully saturated rings. The van der Waals surface area contributed by atoms with Gasteiger partial charge in [-0.1, -0.05) is 55.5 Å². The zero-order valence-corrected chi connectivity index (χ0v) is 13.6. The summed E-state index contributed by atoms with van der Waals surface area (Å²) in [5.74, 6) is 1.85. The van der Waals surface area contributed by atoms with Gasteiger partial charge in [0.2, 0.25) is 5.91 Å². The highest BCUT2D eigenvalue weighted by Gasteiger charge is 2.36. The third kappa shape index (κ3) is 3.53. The highest BCUT2D eigenvalue weighted by atomic mass is 32.2. The third-order valence-corrected chi connectivity index (χ3v) is 5.49. The number of nitrogens with zero attached hydrogens (tertiary/aromatic N) is 1. The molecule has 0 bridgehead atoms. The highest BCUT2D eigenvalue weighted by molar-refractivity contribution is 7.99. The molecule has 2 aromatic rings. The van der Waals surface area contributed by atoms with Gasteiger partial charge in [-0.25, -0.2) is 0 Å². The molecule has 1 aliphatic heterocycles. The standard InChI is InChI=1S/C19H21NOS/c1-15-17(14-22-18-10-6-3-7-11-18)13-20(19(15)21)12-16-8-4-2-5-9-16/h2-11,15,17H,12-14H2,1H3. The Bertz CT molecular complexity index is 614. The van der Waals surface area contributed by atoms with Crippen molar-refractivity contribution < 1.29 is 4.79 Å². The maximum absolute atomic E-state index is 12.4. The van der Waals surface area contributed by atoms with Crippen molar-refractivity contribution in [2.75, 3.05) is 12.3 Å². The Labute approximate surface area is 136 Å². The van der Waals surface area contributed by atoms with Crippen molar-refractivity contribution in [3.8, 4) is 0 Å². The van der Waals surface area contributed by atoms with Gasteiger partial charge in [0.05, 0.1) is 0 Å². The number of likely N-dealkylation sites (tertiary alicyclic amines) is 1. The minimum Gasteiger partial charge on any atom is -0.338 e. The summed E-state index contributed by atoms with van der Waals surface area (Å²) < 4.78 is 0. The van der Waals surface area contributed by atoms with Gasteiger partial charge in [-0.3, -0.25) is 4.79 Å².